The van der Waals surface area contributed by atoms with Gasteiger partial charge in [0.15, 0.2) is 17.5 Å². The number of benzene rings is 9. The van der Waals surface area contributed by atoms with E-state index in [1.165, 1.54) is 21.5 Å². The summed E-state index contributed by atoms with van der Waals surface area (Å²) in [6.07, 6.45) is 0. The lowest BCUT2D eigenvalue weighted by atomic mass is 10.0. The van der Waals surface area contributed by atoms with Crippen molar-refractivity contribution in [2.24, 2.45) is 0 Å². The van der Waals surface area contributed by atoms with Crippen LogP contribution in [-0.4, -0.2) is 19.5 Å². The Hall–Kier alpha value is -8.15. The molecule has 0 atom stereocenters. The molecule has 60 heavy (non-hydrogen) atoms. The molecule has 3 heterocycles. The Morgan fingerprint density at radius 3 is 1.55 bits per heavy atom. The SMILES string of the molecule is c1ccc(-c2cccc(-c3nc(-c4cccc(-c5ccccc5)c4)nc(-c4cc(-n5c6ccccc6c6cc7ccccc7cc65)cc5oc6ccccc6c45)n3)c2)cc1. The lowest BCUT2D eigenvalue weighted by molar-refractivity contribution is 0.668. The minimum Gasteiger partial charge on any atom is -0.456 e. The molecule has 0 aliphatic carbocycles. The molecule has 0 amide bonds. The first kappa shape index (κ1) is 33.9. The molecule has 0 fully saturated rings. The fraction of sp³-hybridized carbons (Fsp3) is 0. The molecule has 0 unspecified atom stereocenters. The van der Waals surface area contributed by atoms with Gasteiger partial charge >= 0.3 is 0 Å². The van der Waals surface area contributed by atoms with Crippen LogP contribution in [0.2, 0.25) is 0 Å². The Kier molecular flexibility index (Phi) is 7.78. The van der Waals surface area contributed by atoms with Gasteiger partial charge in [0.2, 0.25) is 0 Å². The number of fused-ring (bicyclic) bond motifs is 7. The van der Waals surface area contributed by atoms with Gasteiger partial charge in [-0.25, -0.2) is 15.0 Å². The van der Waals surface area contributed by atoms with Gasteiger partial charge in [-0.15, -0.1) is 0 Å². The fourth-order valence-corrected chi connectivity index (χ4v) is 8.77. The molecule has 0 saturated carbocycles. The van der Waals surface area contributed by atoms with E-state index < -0.39 is 0 Å². The summed E-state index contributed by atoms with van der Waals surface area (Å²) in [5.74, 6) is 1.75. The van der Waals surface area contributed by atoms with Crippen LogP contribution in [0.4, 0.5) is 0 Å². The van der Waals surface area contributed by atoms with Crippen molar-refractivity contribution >= 4 is 54.5 Å². The predicted octanol–water partition coefficient (Wildman–Crippen LogP) is 14.4. The first-order valence-electron chi connectivity index (χ1n) is 20.2. The van der Waals surface area contributed by atoms with Crippen molar-refractivity contribution in [3.63, 3.8) is 0 Å². The molecule has 0 aliphatic rings. The second kappa shape index (κ2) is 13.8. The molecule has 12 aromatic rings. The van der Waals surface area contributed by atoms with Crippen molar-refractivity contribution in [1.29, 1.82) is 0 Å². The molecule has 12 rings (SSSR count). The van der Waals surface area contributed by atoms with Gasteiger partial charge in [0.1, 0.15) is 11.2 Å². The summed E-state index contributed by atoms with van der Waals surface area (Å²) in [5.41, 5.74) is 11.8. The summed E-state index contributed by atoms with van der Waals surface area (Å²) in [4.78, 5) is 16.0. The number of hydrogen-bond acceptors (Lipinski definition) is 4. The lowest BCUT2D eigenvalue weighted by Gasteiger charge is -2.14. The van der Waals surface area contributed by atoms with E-state index in [2.05, 4.69) is 187 Å². The highest BCUT2D eigenvalue weighted by molar-refractivity contribution is 6.15. The van der Waals surface area contributed by atoms with Gasteiger partial charge in [-0.2, -0.15) is 0 Å². The first-order valence-corrected chi connectivity index (χ1v) is 20.2. The molecular weight excluding hydrogens is 733 g/mol. The van der Waals surface area contributed by atoms with E-state index in [4.69, 9.17) is 19.4 Å². The summed E-state index contributed by atoms with van der Waals surface area (Å²) in [7, 11) is 0. The van der Waals surface area contributed by atoms with Gasteiger partial charge in [-0.3, -0.25) is 0 Å². The quantitative estimate of drug-likeness (QED) is 0.169. The van der Waals surface area contributed by atoms with Gasteiger partial charge < -0.3 is 8.98 Å². The van der Waals surface area contributed by atoms with Gasteiger partial charge in [-0.1, -0.05) is 158 Å². The number of furan rings is 1. The van der Waals surface area contributed by atoms with Crippen molar-refractivity contribution in [2.45, 2.75) is 0 Å². The number of nitrogens with zero attached hydrogens (tertiary/aromatic N) is 4. The van der Waals surface area contributed by atoms with E-state index in [0.29, 0.717) is 17.5 Å². The van der Waals surface area contributed by atoms with Gasteiger partial charge in [0.25, 0.3) is 0 Å². The van der Waals surface area contributed by atoms with Crippen molar-refractivity contribution in [3.8, 4) is 62.1 Å². The van der Waals surface area contributed by atoms with Crippen molar-refractivity contribution in [3.05, 3.63) is 206 Å². The van der Waals surface area contributed by atoms with Crippen LogP contribution in [0.25, 0.3) is 117 Å². The van der Waals surface area contributed by atoms with Gasteiger partial charge in [0, 0.05) is 44.3 Å². The molecule has 5 nitrogen and oxygen atoms in total. The van der Waals surface area contributed by atoms with E-state index in [1.54, 1.807) is 0 Å². The minimum absolute atomic E-state index is 0.565. The highest BCUT2D eigenvalue weighted by atomic mass is 16.3. The molecule has 5 heteroatoms. The molecule has 0 aliphatic heterocycles. The highest BCUT2D eigenvalue weighted by Crippen LogP contribution is 2.42. The maximum Gasteiger partial charge on any atom is 0.164 e. The normalized spacial score (nSPS) is 11.7. The Labute approximate surface area is 345 Å². The average molecular weight is 767 g/mol. The fourth-order valence-electron chi connectivity index (χ4n) is 8.77. The third-order valence-electron chi connectivity index (χ3n) is 11.6. The topological polar surface area (TPSA) is 56.7 Å². The third kappa shape index (κ3) is 5.67. The van der Waals surface area contributed by atoms with Crippen LogP contribution in [-0.2, 0) is 0 Å². The zero-order chi connectivity index (χ0) is 39.6. The van der Waals surface area contributed by atoms with Crippen molar-refractivity contribution < 1.29 is 4.42 Å². The highest BCUT2D eigenvalue weighted by Gasteiger charge is 2.22. The molecule has 3 aromatic heterocycles. The lowest BCUT2D eigenvalue weighted by Crippen LogP contribution is -2.02. The van der Waals surface area contributed by atoms with E-state index in [1.807, 2.05) is 24.3 Å². The molecule has 0 bridgehead atoms. The zero-order valence-electron chi connectivity index (χ0n) is 32.3. The van der Waals surface area contributed by atoms with Gasteiger partial charge in [0.05, 0.1) is 16.7 Å². The van der Waals surface area contributed by atoms with Crippen molar-refractivity contribution in [1.82, 2.24) is 19.5 Å². The van der Waals surface area contributed by atoms with Crippen LogP contribution in [0.1, 0.15) is 0 Å². The van der Waals surface area contributed by atoms with Crippen LogP contribution in [0.15, 0.2) is 211 Å². The summed E-state index contributed by atoms with van der Waals surface area (Å²) >= 11 is 0. The molecule has 0 saturated heterocycles. The molecule has 0 N–H and O–H groups in total. The Balaban J connectivity index is 1.15. The Morgan fingerprint density at radius 2 is 0.867 bits per heavy atom. The van der Waals surface area contributed by atoms with Crippen LogP contribution >= 0.6 is 0 Å². The monoisotopic (exact) mass is 766 g/mol. The van der Waals surface area contributed by atoms with Crippen molar-refractivity contribution in [2.75, 3.05) is 0 Å². The Morgan fingerprint density at radius 1 is 0.333 bits per heavy atom. The number of aromatic nitrogens is 4. The van der Waals surface area contributed by atoms with Gasteiger partial charge in [-0.05, 0) is 75.5 Å². The number of para-hydroxylation sites is 2. The summed E-state index contributed by atoms with van der Waals surface area (Å²) in [5, 5.41) is 6.73. The average Bonchev–Trinajstić information content (AvgIpc) is 3.86. The Bertz CT molecular complexity index is 3500. The zero-order valence-corrected chi connectivity index (χ0v) is 32.3. The number of rotatable bonds is 6. The number of hydrogen-bond donors (Lipinski definition) is 0. The van der Waals surface area contributed by atoms with E-state index >= 15 is 0 Å². The molecule has 9 aromatic carbocycles. The smallest absolute Gasteiger partial charge is 0.164 e. The molecular formula is C55H34N4O. The summed E-state index contributed by atoms with van der Waals surface area (Å²) in [6, 6.07) is 72.1. The largest absolute Gasteiger partial charge is 0.456 e. The van der Waals surface area contributed by atoms with E-state index in [0.717, 1.165) is 77.6 Å². The third-order valence-corrected chi connectivity index (χ3v) is 11.6. The summed E-state index contributed by atoms with van der Waals surface area (Å²) < 4.78 is 9.07. The molecule has 0 radical (unpaired) electrons. The van der Waals surface area contributed by atoms with Crippen LogP contribution in [0.3, 0.4) is 0 Å². The first-order chi connectivity index (χ1) is 29.7. The molecule has 280 valence electrons. The minimum atomic E-state index is 0.565. The standard InChI is InChI=1S/C55H34N4O/c1-3-15-35(16-4-1)37-21-13-23-41(29-37)53-56-54(42-24-14-22-38(30-42)36-17-5-2-6-18-36)58-55(57-53)47-33-43(34-51-52(47)45-26-10-12-28-50(45)60-51)59-48-27-11-9-25-44(48)46-31-39-19-7-8-20-40(39)32-49(46)59/h1-34H. The van der Waals surface area contributed by atoms with Crippen LogP contribution in [0, 0.1) is 0 Å². The predicted molar refractivity (Wildman–Crippen MR) is 246 cm³/mol. The van der Waals surface area contributed by atoms with E-state index in [-0.39, 0.29) is 0 Å². The van der Waals surface area contributed by atoms with E-state index in [9.17, 15) is 0 Å². The maximum absolute atomic E-state index is 6.72. The molecule has 0 spiro atoms. The van der Waals surface area contributed by atoms with Crippen LogP contribution < -0.4 is 0 Å². The maximum atomic E-state index is 6.72. The second-order valence-corrected chi connectivity index (χ2v) is 15.2. The van der Waals surface area contributed by atoms with Crippen LogP contribution in [0.5, 0.6) is 0 Å². The summed E-state index contributed by atoms with van der Waals surface area (Å²) in [6.45, 7) is 0. The second-order valence-electron chi connectivity index (χ2n) is 15.2.